The number of carbonyl (C=O) groups is 1. The lowest BCUT2D eigenvalue weighted by Gasteiger charge is -2.24. The molecule has 0 spiro atoms. The molecule has 1 N–H and O–H groups in total. The van der Waals surface area contributed by atoms with Crippen LogP contribution in [0.1, 0.15) is 33.3 Å². The smallest absolute Gasteiger partial charge is 0.407 e. The third-order valence-corrected chi connectivity index (χ3v) is 7.25. The molecule has 7 nitrogen and oxygen atoms in total. The number of nitrogens with one attached hydrogen (secondary N) is 1. The van der Waals surface area contributed by atoms with Crippen molar-refractivity contribution in [1.29, 1.82) is 5.26 Å². The number of alkyl carbamates (subject to hydrolysis) is 1. The number of ether oxygens (including phenoxy) is 4. The molecule has 0 saturated carbocycles. The molecular weight excluding hydrogens is 552 g/mol. The van der Waals surface area contributed by atoms with Gasteiger partial charge in [0.05, 0.1) is 37.5 Å². The van der Waals surface area contributed by atoms with Crippen molar-refractivity contribution in [3.05, 3.63) is 90.5 Å². The Labute approximate surface area is 257 Å². The Morgan fingerprint density at radius 2 is 1.48 bits per heavy atom. The van der Waals surface area contributed by atoms with E-state index in [4.69, 9.17) is 18.9 Å². The van der Waals surface area contributed by atoms with Gasteiger partial charge in [-0.1, -0.05) is 60.7 Å². The van der Waals surface area contributed by atoms with E-state index in [-0.39, 0.29) is 12.6 Å². The van der Waals surface area contributed by atoms with Crippen molar-refractivity contribution in [1.82, 2.24) is 5.32 Å². The van der Waals surface area contributed by atoms with Crippen molar-refractivity contribution in [2.24, 2.45) is 0 Å². The van der Waals surface area contributed by atoms with Gasteiger partial charge in [0.2, 0.25) is 0 Å². The van der Waals surface area contributed by atoms with Gasteiger partial charge in [0.15, 0.2) is 0 Å². The molecule has 0 saturated heterocycles. The minimum atomic E-state index is -0.615. The van der Waals surface area contributed by atoms with Crippen LogP contribution < -0.4 is 19.5 Å². The lowest BCUT2D eigenvalue weighted by molar-refractivity contribution is 0.0494. The minimum absolute atomic E-state index is 0.184. The van der Waals surface area contributed by atoms with E-state index in [9.17, 15) is 10.1 Å². The van der Waals surface area contributed by atoms with Crippen molar-refractivity contribution in [2.45, 2.75) is 39.3 Å². The van der Waals surface area contributed by atoms with E-state index < -0.39 is 11.7 Å². The highest BCUT2D eigenvalue weighted by Crippen LogP contribution is 2.48. The van der Waals surface area contributed by atoms with Gasteiger partial charge >= 0.3 is 6.09 Å². The van der Waals surface area contributed by atoms with Crippen LogP contribution in [0.25, 0.3) is 43.8 Å². The van der Waals surface area contributed by atoms with Crippen molar-refractivity contribution < 1.29 is 23.7 Å². The fraction of sp³-hybridized carbons (Fsp3) is 0.243. The van der Waals surface area contributed by atoms with Crippen LogP contribution in [0.5, 0.6) is 17.2 Å². The molecule has 0 aliphatic rings. The Morgan fingerprint density at radius 3 is 2.11 bits per heavy atom. The van der Waals surface area contributed by atoms with Crippen LogP contribution in [-0.2, 0) is 4.74 Å². The van der Waals surface area contributed by atoms with Crippen LogP contribution in [-0.4, -0.2) is 38.6 Å². The summed E-state index contributed by atoms with van der Waals surface area (Å²) in [5, 5.41) is 16.5. The van der Waals surface area contributed by atoms with Gasteiger partial charge in [0.1, 0.15) is 29.5 Å². The van der Waals surface area contributed by atoms with E-state index in [0.29, 0.717) is 22.8 Å². The summed E-state index contributed by atoms with van der Waals surface area (Å²) in [4.78, 5) is 12.5. The Bertz CT molecular complexity index is 1860. The third kappa shape index (κ3) is 6.11. The van der Waals surface area contributed by atoms with Gasteiger partial charge < -0.3 is 24.3 Å². The first-order chi connectivity index (χ1) is 21.1. The van der Waals surface area contributed by atoms with Crippen LogP contribution in [0.4, 0.5) is 4.79 Å². The summed E-state index contributed by atoms with van der Waals surface area (Å²) in [5.74, 6) is 1.97. The number of hydrogen-bond donors (Lipinski definition) is 1. The molecule has 7 heteroatoms. The zero-order valence-corrected chi connectivity index (χ0v) is 25.9. The molecule has 0 aliphatic heterocycles. The van der Waals surface area contributed by atoms with E-state index in [1.165, 1.54) is 0 Å². The first-order valence-corrected chi connectivity index (χ1v) is 14.5. The quantitative estimate of drug-likeness (QED) is 0.195. The van der Waals surface area contributed by atoms with Gasteiger partial charge in [-0.2, -0.15) is 5.26 Å². The number of carbonyl (C=O) groups excluding carboxylic acids is 1. The highest BCUT2D eigenvalue weighted by Gasteiger charge is 2.23. The molecule has 0 unspecified atom stereocenters. The van der Waals surface area contributed by atoms with Gasteiger partial charge in [0.25, 0.3) is 0 Å². The number of benzene rings is 5. The number of rotatable bonds is 8. The van der Waals surface area contributed by atoms with Crippen molar-refractivity contribution in [2.75, 3.05) is 20.8 Å². The first-order valence-electron chi connectivity index (χ1n) is 14.5. The topological polar surface area (TPSA) is 89.8 Å². The molecular formula is C37H36N2O5. The molecule has 1 amide bonds. The zero-order chi connectivity index (χ0) is 31.4. The van der Waals surface area contributed by atoms with Crippen LogP contribution in [0.3, 0.4) is 0 Å². The van der Waals surface area contributed by atoms with E-state index in [2.05, 4.69) is 17.5 Å². The SMILES string of the molecule is COc1cccc(OC)c1-c1cc(-c2cccc3cccc(C#N)c23)c(OC[C@H](C)NC(=O)OC(C)(C)C)c2ccccc12. The summed E-state index contributed by atoms with van der Waals surface area (Å²) in [6, 6.07) is 29.5. The van der Waals surface area contributed by atoms with Gasteiger partial charge in [0, 0.05) is 16.3 Å². The largest absolute Gasteiger partial charge is 0.496 e. The summed E-state index contributed by atoms with van der Waals surface area (Å²) >= 11 is 0. The molecule has 5 aromatic carbocycles. The van der Waals surface area contributed by atoms with Gasteiger partial charge in [-0.25, -0.2) is 4.79 Å². The van der Waals surface area contributed by atoms with Crippen LogP contribution in [0, 0.1) is 11.3 Å². The second-order valence-electron chi connectivity index (χ2n) is 11.6. The monoisotopic (exact) mass is 588 g/mol. The van der Waals surface area contributed by atoms with Crippen LogP contribution in [0.2, 0.25) is 0 Å². The normalized spacial score (nSPS) is 11.9. The maximum atomic E-state index is 12.5. The number of nitrogens with zero attached hydrogens (tertiary/aromatic N) is 1. The highest BCUT2D eigenvalue weighted by molar-refractivity contribution is 6.10. The second-order valence-corrected chi connectivity index (χ2v) is 11.6. The fourth-order valence-electron chi connectivity index (χ4n) is 5.45. The van der Waals surface area contributed by atoms with E-state index in [0.717, 1.165) is 43.8 Å². The fourth-order valence-corrected chi connectivity index (χ4v) is 5.45. The molecule has 0 heterocycles. The summed E-state index contributed by atoms with van der Waals surface area (Å²) in [6.07, 6.45) is -0.509. The maximum absolute atomic E-state index is 12.5. The highest BCUT2D eigenvalue weighted by atomic mass is 16.6. The molecule has 44 heavy (non-hydrogen) atoms. The van der Waals surface area contributed by atoms with E-state index in [1.807, 2.05) is 107 Å². The average molecular weight is 589 g/mol. The summed E-state index contributed by atoms with van der Waals surface area (Å²) in [5.41, 5.74) is 3.29. The Balaban J connectivity index is 1.76. The average Bonchev–Trinajstić information content (AvgIpc) is 3.01. The van der Waals surface area contributed by atoms with Crippen molar-refractivity contribution in [3.8, 4) is 45.6 Å². The minimum Gasteiger partial charge on any atom is -0.496 e. The molecule has 0 aliphatic carbocycles. The molecule has 224 valence electrons. The Kier molecular flexibility index (Phi) is 8.64. The van der Waals surface area contributed by atoms with Crippen molar-refractivity contribution >= 4 is 27.6 Å². The van der Waals surface area contributed by atoms with E-state index >= 15 is 0 Å². The number of hydrogen-bond acceptors (Lipinski definition) is 6. The van der Waals surface area contributed by atoms with Crippen molar-refractivity contribution in [3.63, 3.8) is 0 Å². The Hall–Kier alpha value is -5.22. The second kappa shape index (κ2) is 12.6. The predicted octanol–water partition coefficient (Wildman–Crippen LogP) is 8.51. The Morgan fingerprint density at radius 1 is 0.841 bits per heavy atom. The predicted molar refractivity (Wildman–Crippen MR) is 174 cm³/mol. The third-order valence-electron chi connectivity index (χ3n) is 7.25. The lowest BCUT2D eigenvalue weighted by atomic mass is 9.88. The molecule has 0 aromatic heterocycles. The number of nitriles is 1. The first kappa shape index (κ1) is 30.2. The molecule has 5 aromatic rings. The number of methoxy groups -OCH3 is 2. The van der Waals surface area contributed by atoms with Crippen LogP contribution >= 0.6 is 0 Å². The van der Waals surface area contributed by atoms with Gasteiger partial charge in [-0.15, -0.1) is 0 Å². The van der Waals surface area contributed by atoms with E-state index in [1.54, 1.807) is 14.2 Å². The summed E-state index contributed by atoms with van der Waals surface area (Å²) < 4.78 is 23.7. The lowest BCUT2D eigenvalue weighted by Crippen LogP contribution is -2.40. The number of amides is 1. The molecule has 1 atom stereocenters. The molecule has 0 fully saturated rings. The van der Waals surface area contributed by atoms with Gasteiger partial charge in [-0.05, 0) is 73.9 Å². The van der Waals surface area contributed by atoms with Gasteiger partial charge in [-0.3, -0.25) is 0 Å². The molecule has 0 bridgehead atoms. The summed E-state index contributed by atoms with van der Waals surface area (Å²) in [7, 11) is 3.28. The number of fused-ring (bicyclic) bond motifs is 2. The summed E-state index contributed by atoms with van der Waals surface area (Å²) in [6.45, 7) is 7.52. The molecule has 5 rings (SSSR count). The maximum Gasteiger partial charge on any atom is 0.407 e. The molecule has 0 radical (unpaired) electrons. The van der Waals surface area contributed by atoms with Crippen LogP contribution in [0.15, 0.2) is 84.9 Å². The zero-order valence-electron chi connectivity index (χ0n) is 25.9. The standard InChI is InChI=1S/C37H36N2O5/c1-23(39-36(40)44-37(2,3)4)22-43-35-28-16-8-7-15-26(28)29(34-31(41-5)18-11-19-32(34)42-6)20-30(35)27-17-10-13-24-12-9-14-25(21-38)33(24)27/h7-20,23H,22H2,1-6H3,(H,39,40)/t23-/m0/s1.